The highest BCUT2D eigenvalue weighted by atomic mass is 19.4. The fourth-order valence-corrected chi connectivity index (χ4v) is 1.65. The molecule has 5 heteroatoms. The predicted molar refractivity (Wildman–Crippen MR) is 53.4 cm³/mol. The minimum Gasteiger partial charge on any atom is -0.330 e. The summed E-state index contributed by atoms with van der Waals surface area (Å²) < 4.78 is 36.9. The van der Waals surface area contributed by atoms with Crippen molar-refractivity contribution < 1.29 is 13.2 Å². The third kappa shape index (κ3) is 3.83. The summed E-state index contributed by atoms with van der Waals surface area (Å²) in [7, 11) is 0. The summed E-state index contributed by atoms with van der Waals surface area (Å²) in [6, 6.07) is 0. The summed E-state index contributed by atoms with van der Waals surface area (Å²) in [6.45, 7) is 4.22. The van der Waals surface area contributed by atoms with Crippen LogP contribution in [0.4, 0.5) is 13.2 Å². The van der Waals surface area contributed by atoms with Gasteiger partial charge in [0.1, 0.15) is 0 Å². The van der Waals surface area contributed by atoms with Crippen molar-refractivity contribution in [3.05, 3.63) is 11.6 Å². The standard InChI is InChI=1S/C10H17F3N2/c1-8(6-14)7-15-4-2-9(3-5-15)10(11,12)13/h2,8H,3-7,14H2,1H3. The van der Waals surface area contributed by atoms with Gasteiger partial charge >= 0.3 is 6.18 Å². The van der Waals surface area contributed by atoms with Gasteiger partial charge in [-0.2, -0.15) is 13.2 Å². The normalized spacial score (nSPS) is 21.3. The Hall–Kier alpha value is -0.550. The van der Waals surface area contributed by atoms with E-state index >= 15 is 0 Å². The van der Waals surface area contributed by atoms with Gasteiger partial charge in [-0.3, -0.25) is 4.90 Å². The minimum absolute atomic E-state index is 0.0980. The number of halogens is 3. The molecule has 1 aliphatic rings. The smallest absolute Gasteiger partial charge is 0.330 e. The van der Waals surface area contributed by atoms with Crippen LogP contribution in [0.5, 0.6) is 0 Å². The van der Waals surface area contributed by atoms with Crippen LogP contribution in [-0.4, -0.2) is 37.3 Å². The molecule has 0 aromatic heterocycles. The second kappa shape index (κ2) is 4.99. The molecule has 1 aliphatic heterocycles. The van der Waals surface area contributed by atoms with E-state index in [4.69, 9.17) is 5.73 Å². The lowest BCUT2D eigenvalue weighted by Crippen LogP contribution is -2.36. The molecular weight excluding hydrogens is 205 g/mol. The molecule has 88 valence electrons. The second-order valence-corrected chi connectivity index (χ2v) is 4.08. The molecule has 0 amide bonds. The number of nitrogens with zero attached hydrogens (tertiary/aromatic N) is 1. The van der Waals surface area contributed by atoms with Gasteiger partial charge in [0.05, 0.1) is 0 Å². The molecule has 0 aromatic carbocycles. The maximum Gasteiger partial charge on any atom is 0.412 e. The zero-order chi connectivity index (χ0) is 11.5. The first kappa shape index (κ1) is 12.5. The van der Waals surface area contributed by atoms with Crippen LogP contribution in [0, 0.1) is 5.92 Å². The molecule has 0 aliphatic carbocycles. The van der Waals surface area contributed by atoms with Crippen molar-refractivity contribution in [3.63, 3.8) is 0 Å². The molecule has 0 spiro atoms. The zero-order valence-corrected chi connectivity index (χ0v) is 8.85. The Labute approximate surface area is 87.9 Å². The summed E-state index contributed by atoms with van der Waals surface area (Å²) in [6.07, 6.45) is -2.76. The summed E-state index contributed by atoms with van der Waals surface area (Å²) in [5, 5.41) is 0. The van der Waals surface area contributed by atoms with Crippen molar-refractivity contribution in [3.8, 4) is 0 Å². The van der Waals surface area contributed by atoms with Gasteiger partial charge in [0.25, 0.3) is 0 Å². The van der Waals surface area contributed by atoms with E-state index in [0.717, 1.165) is 6.54 Å². The molecule has 0 bridgehead atoms. The minimum atomic E-state index is -4.15. The fourth-order valence-electron chi connectivity index (χ4n) is 1.65. The van der Waals surface area contributed by atoms with Crippen molar-refractivity contribution in [1.82, 2.24) is 4.90 Å². The molecule has 0 saturated carbocycles. The highest BCUT2D eigenvalue weighted by Gasteiger charge is 2.34. The lowest BCUT2D eigenvalue weighted by molar-refractivity contribution is -0.0960. The lowest BCUT2D eigenvalue weighted by Gasteiger charge is -2.28. The van der Waals surface area contributed by atoms with E-state index in [1.165, 1.54) is 6.08 Å². The molecule has 2 N–H and O–H groups in total. The van der Waals surface area contributed by atoms with Gasteiger partial charge in [0.15, 0.2) is 0 Å². The van der Waals surface area contributed by atoms with E-state index < -0.39 is 6.18 Å². The predicted octanol–water partition coefficient (Wildman–Crippen LogP) is 1.78. The van der Waals surface area contributed by atoms with Crippen molar-refractivity contribution in [2.45, 2.75) is 19.5 Å². The molecule has 1 heterocycles. The second-order valence-electron chi connectivity index (χ2n) is 4.08. The Bertz CT molecular complexity index is 235. The Morgan fingerprint density at radius 2 is 2.20 bits per heavy atom. The van der Waals surface area contributed by atoms with Crippen molar-refractivity contribution in [2.24, 2.45) is 11.7 Å². The van der Waals surface area contributed by atoms with Crippen LogP contribution in [0.3, 0.4) is 0 Å². The molecule has 1 unspecified atom stereocenters. The zero-order valence-electron chi connectivity index (χ0n) is 8.85. The van der Waals surface area contributed by atoms with Crippen molar-refractivity contribution in [1.29, 1.82) is 0 Å². The van der Waals surface area contributed by atoms with Gasteiger partial charge in [-0.05, 0) is 18.9 Å². The van der Waals surface area contributed by atoms with Crippen LogP contribution in [0.1, 0.15) is 13.3 Å². The molecule has 2 nitrogen and oxygen atoms in total. The van der Waals surface area contributed by atoms with E-state index in [9.17, 15) is 13.2 Å². The number of rotatable bonds is 3. The van der Waals surface area contributed by atoms with Gasteiger partial charge in [0, 0.05) is 25.2 Å². The molecule has 15 heavy (non-hydrogen) atoms. The first-order chi connectivity index (χ1) is 6.93. The maximum atomic E-state index is 12.3. The van der Waals surface area contributed by atoms with E-state index in [0.29, 0.717) is 25.6 Å². The number of hydrogen-bond acceptors (Lipinski definition) is 2. The van der Waals surface area contributed by atoms with Crippen molar-refractivity contribution in [2.75, 3.05) is 26.2 Å². The van der Waals surface area contributed by atoms with E-state index in [2.05, 4.69) is 0 Å². The number of hydrogen-bond donors (Lipinski definition) is 1. The monoisotopic (exact) mass is 222 g/mol. The van der Waals surface area contributed by atoms with Crippen LogP contribution in [-0.2, 0) is 0 Å². The molecule has 0 fully saturated rings. The molecule has 1 rings (SSSR count). The Morgan fingerprint density at radius 1 is 1.53 bits per heavy atom. The maximum absolute atomic E-state index is 12.3. The SMILES string of the molecule is CC(CN)CN1CC=C(C(F)(F)F)CC1. The van der Waals surface area contributed by atoms with E-state index in [1.54, 1.807) is 0 Å². The van der Waals surface area contributed by atoms with Crippen LogP contribution in [0.2, 0.25) is 0 Å². The molecule has 0 radical (unpaired) electrons. The summed E-state index contributed by atoms with van der Waals surface area (Å²) in [5.41, 5.74) is 5.07. The van der Waals surface area contributed by atoms with Crippen LogP contribution >= 0.6 is 0 Å². The van der Waals surface area contributed by atoms with Crippen LogP contribution < -0.4 is 5.73 Å². The van der Waals surface area contributed by atoms with Gasteiger partial charge in [-0.25, -0.2) is 0 Å². The fraction of sp³-hybridized carbons (Fsp3) is 0.800. The van der Waals surface area contributed by atoms with E-state index in [1.807, 2.05) is 11.8 Å². The Balaban J connectivity index is 2.44. The van der Waals surface area contributed by atoms with Crippen LogP contribution in [0.25, 0.3) is 0 Å². The summed E-state index contributed by atoms with van der Waals surface area (Å²) in [5.74, 6) is 0.339. The van der Waals surface area contributed by atoms with Gasteiger partial charge in [0.2, 0.25) is 0 Å². The van der Waals surface area contributed by atoms with Gasteiger partial charge in [-0.1, -0.05) is 13.0 Å². The Kier molecular flexibility index (Phi) is 4.16. The number of nitrogens with two attached hydrogens (primary N) is 1. The third-order valence-electron chi connectivity index (χ3n) is 2.63. The van der Waals surface area contributed by atoms with E-state index in [-0.39, 0.29) is 12.0 Å². The summed E-state index contributed by atoms with van der Waals surface area (Å²) >= 11 is 0. The molecule has 0 saturated heterocycles. The van der Waals surface area contributed by atoms with Crippen molar-refractivity contribution >= 4 is 0 Å². The van der Waals surface area contributed by atoms with Gasteiger partial charge < -0.3 is 5.73 Å². The van der Waals surface area contributed by atoms with Gasteiger partial charge in [-0.15, -0.1) is 0 Å². The highest BCUT2D eigenvalue weighted by molar-refractivity contribution is 5.13. The topological polar surface area (TPSA) is 29.3 Å². The number of alkyl halides is 3. The molecule has 1 atom stereocenters. The third-order valence-corrected chi connectivity index (χ3v) is 2.63. The average molecular weight is 222 g/mol. The molecule has 0 aromatic rings. The quantitative estimate of drug-likeness (QED) is 0.737. The highest BCUT2D eigenvalue weighted by Crippen LogP contribution is 2.30. The average Bonchev–Trinajstić information content (AvgIpc) is 2.17. The first-order valence-corrected chi connectivity index (χ1v) is 5.12. The Morgan fingerprint density at radius 3 is 2.60 bits per heavy atom. The van der Waals surface area contributed by atoms with Crippen LogP contribution in [0.15, 0.2) is 11.6 Å². The lowest BCUT2D eigenvalue weighted by atomic mass is 10.1. The first-order valence-electron chi connectivity index (χ1n) is 5.12. The summed E-state index contributed by atoms with van der Waals surface area (Å²) in [4.78, 5) is 2.01. The molecular formula is C10H17F3N2. The largest absolute Gasteiger partial charge is 0.412 e.